The standard InChI is InChI=1S/C11H13ClN2/c12-11-5-3-10(4-6-11)9-13-14-7-1-2-8-14/h3-6,9H,1-2,7-8H2/b13-9-. The minimum atomic E-state index is 0.767. The van der Waals surface area contributed by atoms with Crippen molar-refractivity contribution in [3.8, 4) is 0 Å². The fourth-order valence-electron chi connectivity index (χ4n) is 1.51. The lowest BCUT2D eigenvalue weighted by atomic mass is 10.2. The first kappa shape index (κ1) is 9.53. The lowest BCUT2D eigenvalue weighted by Crippen LogP contribution is -2.11. The summed E-state index contributed by atoms with van der Waals surface area (Å²) in [4.78, 5) is 0. The number of hydrazone groups is 1. The van der Waals surface area contributed by atoms with Crippen LogP contribution in [0.25, 0.3) is 0 Å². The van der Waals surface area contributed by atoms with Crippen LogP contribution in [0.15, 0.2) is 29.4 Å². The highest BCUT2D eigenvalue weighted by Gasteiger charge is 2.06. The summed E-state index contributed by atoms with van der Waals surface area (Å²) in [6.07, 6.45) is 4.41. The van der Waals surface area contributed by atoms with Gasteiger partial charge in [0.15, 0.2) is 0 Å². The maximum Gasteiger partial charge on any atom is 0.0542 e. The predicted molar refractivity (Wildman–Crippen MR) is 59.9 cm³/mol. The van der Waals surface area contributed by atoms with Crippen molar-refractivity contribution in [1.82, 2.24) is 5.01 Å². The second-order valence-corrected chi connectivity index (χ2v) is 3.89. The molecule has 1 fully saturated rings. The summed E-state index contributed by atoms with van der Waals surface area (Å²) >= 11 is 5.78. The molecule has 0 unspecified atom stereocenters. The van der Waals surface area contributed by atoms with Crippen molar-refractivity contribution in [2.75, 3.05) is 13.1 Å². The lowest BCUT2D eigenvalue weighted by molar-refractivity contribution is 0.362. The second-order valence-electron chi connectivity index (χ2n) is 3.46. The normalized spacial score (nSPS) is 16.8. The zero-order valence-electron chi connectivity index (χ0n) is 7.99. The highest BCUT2D eigenvalue weighted by molar-refractivity contribution is 6.30. The molecule has 3 heteroatoms. The third-order valence-electron chi connectivity index (χ3n) is 2.32. The summed E-state index contributed by atoms with van der Waals surface area (Å²) in [5.74, 6) is 0. The van der Waals surface area contributed by atoms with Crippen LogP contribution in [0, 0.1) is 0 Å². The smallest absolute Gasteiger partial charge is 0.0542 e. The second kappa shape index (κ2) is 4.47. The lowest BCUT2D eigenvalue weighted by Gasteiger charge is -2.08. The van der Waals surface area contributed by atoms with E-state index in [0.717, 1.165) is 23.7 Å². The first-order chi connectivity index (χ1) is 6.84. The molecule has 1 aromatic rings. The van der Waals surface area contributed by atoms with Gasteiger partial charge in [0.05, 0.1) is 6.21 Å². The van der Waals surface area contributed by atoms with Crippen LogP contribution in [0.3, 0.4) is 0 Å². The van der Waals surface area contributed by atoms with E-state index in [4.69, 9.17) is 11.6 Å². The molecule has 0 aliphatic carbocycles. The molecule has 1 aliphatic rings. The SMILES string of the molecule is Clc1ccc(/C=N\N2CCCC2)cc1. The number of rotatable bonds is 2. The topological polar surface area (TPSA) is 15.6 Å². The maximum absolute atomic E-state index is 5.78. The van der Waals surface area contributed by atoms with Crippen molar-refractivity contribution in [2.45, 2.75) is 12.8 Å². The van der Waals surface area contributed by atoms with E-state index in [1.807, 2.05) is 30.5 Å². The van der Waals surface area contributed by atoms with E-state index in [0.29, 0.717) is 0 Å². The van der Waals surface area contributed by atoms with E-state index < -0.39 is 0 Å². The summed E-state index contributed by atoms with van der Waals surface area (Å²) in [6.45, 7) is 2.17. The summed E-state index contributed by atoms with van der Waals surface area (Å²) in [5, 5.41) is 7.26. The molecular formula is C11H13ClN2. The summed E-state index contributed by atoms with van der Waals surface area (Å²) in [6, 6.07) is 7.71. The Hall–Kier alpha value is -1.02. The van der Waals surface area contributed by atoms with Crippen molar-refractivity contribution in [3.05, 3.63) is 34.9 Å². The first-order valence-corrected chi connectivity index (χ1v) is 5.27. The molecule has 1 heterocycles. The Morgan fingerprint density at radius 2 is 1.79 bits per heavy atom. The zero-order chi connectivity index (χ0) is 9.80. The van der Waals surface area contributed by atoms with E-state index in [1.165, 1.54) is 12.8 Å². The Bertz CT molecular complexity index is 313. The van der Waals surface area contributed by atoms with Crippen molar-refractivity contribution in [2.24, 2.45) is 5.10 Å². The molecule has 0 radical (unpaired) electrons. The van der Waals surface area contributed by atoms with Crippen LogP contribution in [-0.2, 0) is 0 Å². The summed E-state index contributed by atoms with van der Waals surface area (Å²) < 4.78 is 0. The Balaban J connectivity index is 1.99. The Kier molecular flexibility index (Phi) is 3.04. The van der Waals surface area contributed by atoms with Gasteiger partial charge < -0.3 is 0 Å². The molecule has 0 saturated carbocycles. The van der Waals surface area contributed by atoms with E-state index in [-0.39, 0.29) is 0 Å². The monoisotopic (exact) mass is 208 g/mol. The van der Waals surface area contributed by atoms with Crippen molar-refractivity contribution >= 4 is 17.8 Å². The van der Waals surface area contributed by atoms with E-state index in [9.17, 15) is 0 Å². The summed E-state index contributed by atoms with van der Waals surface area (Å²) in [5.41, 5.74) is 1.10. The van der Waals surface area contributed by atoms with Gasteiger partial charge in [-0.3, -0.25) is 5.01 Å². The number of hydrogen-bond donors (Lipinski definition) is 0. The van der Waals surface area contributed by atoms with E-state index >= 15 is 0 Å². The fourth-order valence-corrected chi connectivity index (χ4v) is 1.64. The molecule has 0 bridgehead atoms. The van der Waals surface area contributed by atoms with Crippen LogP contribution < -0.4 is 0 Å². The van der Waals surface area contributed by atoms with Gasteiger partial charge in [0.1, 0.15) is 0 Å². The van der Waals surface area contributed by atoms with Gasteiger partial charge in [0.2, 0.25) is 0 Å². The van der Waals surface area contributed by atoms with Crippen LogP contribution in [-0.4, -0.2) is 24.3 Å². The highest BCUT2D eigenvalue weighted by Crippen LogP contribution is 2.10. The summed E-state index contributed by atoms with van der Waals surface area (Å²) in [7, 11) is 0. The Morgan fingerprint density at radius 1 is 1.14 bits per heavy atom. The molecular weight excluding hydrogens is 196 g/mol. The molecule has 0 aromatic heterocycles. The predicted octanol–water partition coefficient (Wildman–Crippen LogP) is 2.77. The van der Waals surface area contributed by atoms with Crippen LogP contribution in [0.5, 0.6) is 0 Å². The number of hydrogen-bond acceptors (Lipinski definition) is 2. The number of nitrogens with zero attached hydrogens (tertiary/aromatic N) is 2. The average molecular weight is 209 g/mol. The van der Waals surface area contributed by atoms with Crippen molar-refractivity contribution in [3.63, 3.8) is 0 Å². The van der Waals surface area contributed by atoms with Crippen LogP contribution in [0.1, 0.15) is 18.4 Å². The van der Waals surface area contributed by atoms with Gasteiger partial charge in [0.25, 0.3) is 0 Å². The third kappa shape index (κ3) is 2.48. The van der Waals surface area contributed by atoms with Gasteiger partial charge in [-0.25, -0.2) is 0 Å². The molecule has 1 aliphatic heterocycles. The molecule has 74 valence electrons. The van der Waals surface area contributed by atoms with Crippen LogP contribution >= 0.6 is 11.6 Å². The number of halogens is 1. The quantitative estimate of drug-likeness (QED) is 0.683. The Morgan fingerprint density at radius 3 is 2.43 bits per heavy atom. The first-order valence-electron chi connectivity index (χ1n) is 4.89. The van der Waals surface area contributed by atoms with Gasteiger partial charge >= 0.3 is 0 Å². The molecule has 2 rings (SSSR count). The van der Waals surface area contributed by atoms with Crippen molar-refractivity contribution < 1.29 is 0 Å². The van der Waals surface area contributed by atoms with Gasteiger partial charge in [-0.15, -0.1) is 0 Å². The minimum absolute atomic E-state index is 0.767. The zero-order valence-corrected chi connectivity index (χ0v) is 8.74. The molecule has 2 nitrogen and oxygen atoms in total. The molecule has 1 saturated heterocycles. The molecule has 1 aromatic carbocycles. The van der Waals surface area contributed by atoms with Gasteiger partial charge in [0, 0.05) is 18.1 Å². The minimum Gasteiger partial charge on any atom is -0.297 e. The van der Waals surface area contributed by atoms with Gasteiger partial charge in [-0.05, 0) is 30.5 Å². The molecule has 0 amide bonds. The average Bonchev–Trinajstić information content (AvgIpc) is 2.70. The third-order valence-corrected chi connectivity index (χ3v) is 2.57. The molecule has 0 spiro atoms. The molecule has 14 heavy (non-hydrogen) atoms. The fraction of sp³-hybridized carbons (Fsp3) is 0.364. The van der Waals surface area contributed by atoms with Crippen molar-refractivity contribution in [1.29, 1.82) is 0 Å². The van der Waals surface area contributed by atoms with E-state index in [2.05, 4.69) is 10.1 Å². The molecule has 0 atom stereocenters. The maximum atomic E-state index is 5.78. The number of benzene rings is 1. The van der Waals surface area contributed by atoms with Gasteiger partial charge in [-0.2, -0.15) is 5.10 Å². The largest absolute Gasteiger partial charge is 0.297 e. The molecule has 0 N–H and O–H groups in total. The van der Waals surface area contributed by atoms with Crippen LogP contribution in [0.4, 0.5) is 0 Å². The Labute approximate surface area is 89.2 Å². The van der Waals surface area contributed by atoms with Gasteiger partial charge in [-0.1, -0.05) is 23.7 Å². The highest BCUT2D eigenvalue weighted by atomic mass is 35.5. The van der Waals surface area contributed by atoms with E-state index in [1.54, 1.807) is 0 Å². The van der Waals surface area contributed by atoms with Crippen LogP contribution in [0.2, 0.25) is 5.02 Å².